The van der Waals surface area contributed by atoms with Crippen LogP contribution in [0.1, 0.15) is 30.5 Å². The lowest BCUT2D eigenvalue weighted by atomic mass is 10.0. The first-order valence-corrected chi connectivity index (χ1v) is 12.0. The molecular formula is C25H28N2O4S. The van der Waals surface area contributed by atoms with Crippen molar-refractivity contribution in [2.75, 3.05) is 16.6 Å². The number of hydrogen-bond donors (Lipinski definition) is 2. The van der Waals surface area contributed by atoms with E-state index in [1.54, 1.807) is 12.1 Å². The number of sulfonamides is 1. The van der Waals surface area contributed by atoms with Crippen molar-refractivity contribution in [1.82, 2.24) is 0 Å². The van der Waals surface area contributed by atoms with Gasteiger partial charge in [-0.05, 0) is 66.8 Å². The van der Waals surface area contributed by atoms with Crippen LogP contribution in [0.5, 0.6) is 5.75 Å². The van der Waals surface area contributed by atoms with Crippen molar-refractivity contribution < 1.29 is 17.9 Å². The summed E-state index contributed by atoms with van der Waals surface area (Å²) in [4.78, 5) is 12.6. The molecule has 0 atom stereocenters. The minimum Gasteiger partial charge on any atom is -0.484 e. The summed E-state index contributed by atoms with van der Waals surface area (Å²) in [6, 6.07) is 19.1. The summed E-state index contributed by atoms with van der Waals surface area (Å²) in [5.74, 6) is 0.146. The minimum absolute atomic E-state index is 0.113. The standard InChI is InChI=1S/C25H28N2O4S/c1-4-19-10-8-11-20(5-2)25(19)26-24(28)17-31-21-13-15-22(16-14-21)32(29,30)27-23-12-7-6-9-18(23)3/h6-16,27H,4-5,17H2,1-3H3,(H,26,28). The fourth-order valence-corrected chi connectivity index (χ4v) is 4.46. The molecule has 0 saturated carbocycles. The molecule has 0 fully saturated rings. The van der Waals surface area contributed by atoms with E-state index in [1.165, 1.54) is 24.3 Å². The van der Waals surface area contributed by atoms with E-state index >= 15 is 0 Å². The normalized spacial score (nSPS) is 11.1. The Morgan fingerprint density at radius 2 is 1.50 bits per heavy atom. The number of benzene rings is 3. The Hall–Kier alpha value is -3.32. The predicted molar refractivity (Wildman–Crippen MR) is 128 cm³/mol. The van der Waals surface area contributed by atoms with Crippen LogP contribution in [-0.2, 0) is 27.7 Å². The number of carbonyl (C=O) groups excluding carboxylic acids is 1. The number of aryl methyl sites for hydroxylation is 3. The predicted octanol–water partition coefficient (Wildman–Crippen LogP) is 4.94. The van der Waals surface area contributed by atoms with Gasteiger partial charge in [-0.3, -0.25) is 9.52 Å². The third-order valence-corrected chi connectivity index (χ3v) is 6.54. The fraction of sp³-hybridized carbons (Fsp3) is 0.240. The summed E-state index contributed by atoms with van der Waals surface area (Å²) in [7, 11) is -3.72. The number of ether oxygens (including phenoxy) is 1. The molecule has 3 aromatic rings. The Balaban J connectivity index is 1.63. The molecule has 0 saturated heterocycles. The Labute approximate surface area is 189 Å². The van der Waals surface area contributed by atoms with Gasteiger partial charge in [-0.2, -0.15) is 0 Å². The van der Waals surface area contributed by atoms with Gasteiger partial charge < -0.3 is 10.1 Å². The van der Waals surface area contributed by atoms with E-state index in [0.717, 1.165) is 35.2 Å². The van der Waals surface area contributed by atoms with Crippen LogP contribution in [0.2, 0.25) is 0 Å². The second kappa shape index (κ2) is 10.3. The van der Waals surface area contributed by atoms with Crippen LogP contribution >= 0.6 is 0 Å². The number of nitrogens with one attached hydrogen (secondary N) is 2. The van der Waals surface area contributed by atoms with E-state index in [0.29, 0.717) is 11.4 Å². The number of carbonyl (C=O) groups is 1. The summed E-state index contributed by atoms with van der Waals surface area (Å²) >= 11 is 0. The van der Waals surface area contributed by atoms with Crippen LogP contribution < -0.4 is 14.8 Å². The van der Waals surface area contributed by atoms with Crippen molar-refractivity contribution in [1.29, 1.82) is 0 Å². The molecule has 0 unspecified atom stereocenters. The lowest BCUT2D eigenvalue weighted by molar-refractivity contribution is -0.118. The topological polar surface area (TPSA) is 84.5 Å². The van der Waals surface area contributed by atoms with Gasteiger partial charge in [0.25, 0.3) is 15.9 Å². The first-order chi connectivity index (χ1) is 15.3. The summed E-state index contributed by atoms with van der Waals surface area (Å²) in [5, 5.41) is 2.95. The van der Waals surface area contributed by atoms with Crippen molar-refractivity contribution in [3.05, 3.63) is 83.4 Å². The molecular weight excluding hydrogens is 424 g/mol. The smallest absolute Gasteiger partial charge is 0.262 e. The maximum absolute atomic E-state index is 12.6. The summed E-state index contributed by atoms with van der Waals surface area (Å²) in [5.41, 5.74) is 4.36. The van der Waals surface area contributed by atoms with Crippen molar-refractivity contribution in [3.8, 4) is 5.75 Å². The van der Waals surface area contributed by atoms with E-state index in [1.807, 2.05) is 51.1 Å². The van der Waals surface area contributed by atoms with Crippen molar-refractivity contribution in [2.45, 2.75) is 38.5 Å². The van der Waals surface area contributed by atoms with Gasteiger partial charge in [-0.25, -0.2) is 8.42 Å². The van der Waals surface area contributed by atoms with Crippen LogP contribution in [0.3, 0.4) is 0 Å². The lowest BCUT2D eigenvalue weighted by Gasteiger charge is -2.15. The first-order valence-electron chi connectivity index (χ1n) is 10.6. The van der Waals surface area contributed by atoms with E-state index in [9.17, 15) is 13.2 Å². The van der Waals surface area contributed by atoms with E-state index in [2.05, 4.69) is 10.0 Å². The molecule has 0 aliphatic rings. The maximum atomic E-state index is 12.6. The van der Waals surface area contributed by atoms with Crippen molar-refractivity contribution >= 4 is 27.3 Å². The molecule has 7 heteroatoms. The Morgan fingerprint density at radius 1 is 0.875 bits per heavy atom. The van der Waals surface area contributed by atoms with Crippen LogP contribution in [0, 0.1) is 6.92 Å². The minimum atomic E-state index is -3.72. The molecule has 0 radical (unpaired) electrons. The Kier molecular flexibility index (Phi) is 7.53. The highest BCUT2D eigenvalue weighted by Gasteiger charge is 2.16. The van der Waals surface area contributed by atoms with Gasteiger partial charge in [0.05, 0.1) is 10.6 Å². The van der Waals surface area contributed by atoms with E-state index < -0.39 is 10.0 Å². The summed E-state index contributed by atoms with van der Waals surface area (Å²) in [6.45, 7) is 5.76. The Bertz CT molecular complexity index is 1170. The lowest BCUT2D eigenvalue weighted by Crippen LogP contribution is -2.21. The van der Waals surface area contributed by atoms with Crippen molar-refractivity contribution in [2.24, 2.45) is 0 Å². The largest absolute Gasteiger partial charge is 0.484 e. The zero-order chi connectivity index (χ0) is 23.1. The quantitative estimate of drug-likeness (QED) is 0.482. The highest BCUT2D eigenvalue weighted by Crippen LogP contribution is 2.23. The van der Waals surface area contributed by atoms with Gasteiger partial charge in [-0.15, -0.1) is 0 Å². The molecule has 0 spiro atoms. The molecule has 168 valence electrons. The average molecular weight is 453 g/mol. The average Bonchev–Trinajstić information content (AvgIpc) is 2.79. The van der Waals surface area contributed by atoms with Gasteiger partial charge in [-0.1, -0.05) is 50.2 Å². The van der Waals surface area contributed by atoms with Crippen LogP contribution in [-0.4, -0.2) is 20.9 Å². The molecule has 0 bridgehead atoms. The summed E-state index contributed by atoms with van der Waals surface area (Å²) < 4.78 is 33.4. The molecule has 0 aliphatic heterocycles. The molecule has 0 aromatic heterocycles. The monoisotopic (exact) mass is 452 g/mol. The van der Waals surface area contributed by atoms with Crippen LogP contribution in [0.4, 0.5) is 11.4 Å². The second-order valence-corrected chi connectivity index (χ2v) is 9.07. The van der Waals surface area contributed by atoms with E-state index in [4.69, 9.17) is 4.74 Å². The number of amides is 1. The number of rotatable bonds is 9. The number of hydrogen-bond acceptors (Lipinski definition) is 4. The third-order valence-electron chi connectivity index (χ3n) is 5.16. The van der Waals surface area contributed by atoms with Gasteiger partial charge >= 0.3 is 0 Å². The van der Waals surface area contributed by atoms with Gasteiger partial charge in [0.15, 0.2) is 6.61 Å². The second-order valence-electron chi connectivity index (χ2n) is 7.39. The maximum Gasteiger partial charge on any atom is 0.262 e. The molecule has 1 amide bonds. The molecule has 32 heavy (non-hydrogen) atoms. The number of anilines is 2. The number of para-hydroxylation sites is 2. The van der Waals surface area contributed by atoms with Crippen molar-refractivity contribution in [3.63, 3.8) is 0 Å². The van der Waals surface area contributed by atoms with Crippen LogP contribution in [0.15, 0.2) is 71.6 Å². The SMILES string of the molecule is CCc1cccc(CC)c1NC(=O)COc1ccc(S(=O)(=O)Nc2ccccc2C)cc1. The zero-order valence-electron chi connectivity index (χ0n) is 18.5. The van der Waals surface area contributed by atoms with Crippen LogP contribution in [0.25, 0.3) is 0 Å². The summed E-state index contributed by atoms with van der Waals surface area (Å²) in [6.07, 6.45) is 1.63. The Morgan fingerprint density at radius 3 is 2.09 bits per heavy atom. The van der Waals surface area contributed by atoms with Gasteiger partial charge in [0.1, 0.15) is 5.75 Å². The zero-order valence-corrected chi connectivity index (χ0v) is 19.3. The third kappa shape index (κ3) is 5.68. The highest BCUT2D eigenvalue weighted by molar-refractivity contribution is 7.92. The molecule has 0 aliphatic carbocycles. The molecule has 2 N–H and O–H groups in total. The fourth-order valence-electron chi connectivity index (χ4n) is 3.33. The van der Waals surface area contributed by atoms with E-state index in [-0.39, 0.29) is 17.4 Å². The molecule has 3 rings (SSSR count). The molecule has 3 aromatic carbocycles. The highest BCUT2D eigenvalue weighted by atomic mass is 32.2. The molecule has 6 nitrogen and oxygen atoms in total. The van der Waals surface area contributed by atoms with Gasteiger partial charge in [0, 0.05) is 5.69 Å². The molecule has 0 heterocycles. The van der Waals surface area contributed by atoms with Gasteiger partial charge in [0.2, 0.25) is 0 Å². The first kappa shape index (κ1) is 23.3.